The summed E-state index contributed by atoms with van der Waals surface area (Å²) in [5.41, 5.74) is 0.648. The Morgan fingerprint density at radius 3 is 2.17 bits per heavy atom. The molecule has 1 aromatic rings. The fourth-order valence-corrected chi connectivity index (χ4v) is 1.97. The molecule has 0 aliphatic carbocycles. The molecule has 0 aliphatic heterocycles. The fraction of sp³-hybridized carbons (Fsp3) is 0.462. The van der Waals surface area contributed by atoms with Gasteiger partial charge in [0, 0.05) is 0 Å². The molecule has 1 rings (SSSR count). The largest absolute Gasteiger partial charge is 0.534 e. The third-order valence-electron chi connectivity index (χ3n) is 2.52. The van der Waals surface area contributed by atoms with Crippen molar-refractivity contribution in [2.45, 2.75) is 37.9 Å². The predicted octanol–water partition coefficient (Wildman–Crippen LogP) is 1.74. The lowest BCUT2D eigenvalue weighted by Crippen LogP contribution is -2.35. The van der Waals surface area contributed by atoms with Crippen LogP contribution in [0.5, 0.6) is 5.75 Å². The van der Waals surface area contributed by atoms with E-state index < -0.39 is 33.4 Å². The van der Waals surface area contributed by atoms with Crippen LogP contribution in [0.3, 0.4) is 0 Å². The molecule has 23 heavy (non-hydrogen) atoms. The van der Waals surface area contributed by atoms with Crippen molar-refractivity contribution in [2.24, 2.45) is 5.73 Å². The maximum Gasteiger partial charge on any atom is 0.534 e. The summed E-state index contributed by atoms with van der Waals surface area (Å²) in [5.74, 6) is -1.11. The van der Waals surface area contributed by atoms with Gasteiger partial charge in [-0.3, -0.25) is 4.79 Å². The van der Waals surface area contributed by atoms with Crippen molar-refractivity contribution < 1.29 is 35.3 Å². The van der Waals surface area contributed by atoms with Gasteiger partial charge in [-0.2, -0.15) is 21.6 Å². The Balaban J connectivity index is 2.73. The van der Waals surface area contributed by atoms with Crippen molar-refractivity contribution in [3.05, 3.63) is 29.8 Å². The highest BCUT2D eigenvalue weighted by Crippen LogP contribution is 2.27. The van der Waals surface area contributed by atoms with Gasteiger partial charge in [0.05, 0.1) is 6.10 Å². The lowest BCUT2D eigenvalue weighted by Gasteiger charge is -2.14. The number of hydrogen-bond acceptors (Lipinski definition) is 6. The molecule has 0 bridgehead atoms. The SMILES string of the molecule is CC(C)OC(=O)[C@@H](N)Cc1ccc(OS(=O)(=O)C(F)(F)F)cc1. The Morgan fingerprint density at radius 1 is 1.22 bits per heavy atom. The van der Waals surface area contributed by atoms with Crippen LogP contribution in [0.15, 0.2) is 24.3 Å². The molecule has 0 saturated heterocycles. The van der Waals surface area contributed by atoms with E-state index in [0.29, 0.717) is 5.56 Å². The Kier molecular flexibility index (Phi) is 6.00. The monoisotopic (exact) mass is 355 g/mol. The second-order valence-corrected chi connectivity index (χ2v) is 6.46. The highest BCUT2D eigenvalue weighted by molar-refractivity contribution is 7.87. The molecular formula is C13H16F3NO5S. The number of carbonyl (C=O) groups is 1. The molecule has 0 radical (unpaired) electrons. The highest BCUT2D eigenvalue weighted by atomic mass is 32.2. The van der Waals surface area contributed by atoms with E-state index in [2.05, 4.69) is 4.18 Å². The molecule has 0 spiro atoms. The van der Waals surface area contributed by atoms with Crippen LogP contribution >= 0.6 is 0 Å². The van der Waals surface area contributed by atoms with E-state index in [1.165, 1.54) is 12.1 Å². The van der Waals surface area contributed by atoms with E-state index >= 15 is 0 Å². The van der Waals surface area contributed by atoms with Gasteiger partial charge in [-0.15, -0.1) is 0 Å². The van der Waals surface area contributed by atoms with Crippen LogP contribution in [-0.2, 0) is 26.1 Å². The Hall–Kier alpha value is -1.81. The average Bonchev–Trinajstić information content (AvgIpc) is 2.38. The van der Waals surface area contributed by atoms with E-state index in [4.69, 9.17) is 10.5 Å². The number of halogens is 3. The van der Waals surface area contributed by atoms with Crippen molar-refractivity contribution in [3.63, 3.8) is 0 Å². The number of alkyl halides is 3. The molecule has 0 heterocycles. The molecule has 0 aliphatic rings. The molecule has 130 valence electrons. The number of carbonyl (C=O) groups excluding carboxylic acids is 1. The number of nitrogens with two attached hydrogens (primary N) is 1. The molecule has 6 nitrogen and oxygen atoms in total. The Morgan fingerprint density at radius 2 is 1.74 bits per heavy atom. The van der Waals surface area contributed by atoms with Crippen LogP contribution in [0.25, 0.3) is 0 Å². The van der Waals surface area contributed by atoms with Gasteiger partial charge in [0.25, 0.3) is 0 Å². The third-order valence-corrected chi connectivity index (χ3v) is 3.50. The van der Waals surface area contributed by atoms with Crippen LogP contribution in [0, 0.1) is 0 Å². The summed E-state index contributed by atoms with van der Waals surface area (Å²) < 4.78 is 67.1. The molecule has 0 unspecified atom stereocenters. The fourth-order valence-electron chi connectivity index (χ4n) is 1.51. The van der Waals surface area contributed by atoms with Gasteiger partial charge in [0.1, 0.15) is 11.8 Å². The highest BCUT2D eigenvalue weighted by Gasteiger charge is 2.48. The van der Waals surface area contributed by atoms with E-state index in [-0.39, 0.29) is 12.5 Å². The van der Waals surface area contributed by atoms with Crippen molar-refractivity contribution in [1.82, 2.24) is 0 Å². The topological polar surface area (TPSA) is 95.7 Å². The molecule has 0 amide bonds. The van der Waals surface area contributed by atoms with Gasteiger partial charge >= 0.3 is 21.6 Å². The molecule has 0 aromatic heterocycles. The van der Waals surface area contributed by atoms with Gasteiger partial charge in [0.15, 0.2) is 0 Å². The zero-order valence-electron chi connectivity index (χ0n) is 12.3. The number of rotatable bonds is 6. The molecule has 2 N–H and O–H groups in total. The molecule has 10 heteroatoms. The summed E-state index contributed by atoms with van der Waals surface area (Å²) in [6.07, 6.45) is -0.241. The number of ether oxygens (including phenoxy) is 1. The van der Waals surface area contributed by atoms with Gasteiger partial charge in [-0.1, -0.05) is 12.1 Å². The van der Waals surface area contributed by atoms with Crippen molar-refractivity contribution in [3.8, 4) is 5.75 Å². The normalized spacial score (nSPS) is 13.7. The van der Waals surface area contributed by atoms with Gasteiger partial charge in [0.2, 0.25) is 0 Å². The van der Waals surface area contributed by atoms with Crippen molar-refractivity contribution >= 4 is 16.1 Å². The average molecular weight is 355 g/mol. The van der Waals surface area contributed by atoms with E-state index in [9.17, 15) is 26.4 Å². The zero-order valence-corrected chi connectivity index (χ0v) is 13.1. The van der Waals surface area contributed by atoms with Crippen LogP contribution in [0.1, 0.15) is 19.4 Å². The first-order valence-electron chi connectivity index (χ1n) is 6.48. The minimum atomic E-state index is -5.71. The minimum Gasteiger partial charge on any atom is -0.462 e. The summed E-state index contributed by atoms with van der Waals surface area (Å²) in [5, 5.41) is 0. The van der Waals surface area contributed by atoms with Gasteiger partial charge < -0.3 is 14.7 Å². The standard InChI is InChI=1S/C13H16F3NO5S/c1-8(2)21-12(18)11(17)7-9-3-5-10(6-4-9)22-23(19,20)13(14,15)16/h3-6,8,11H,7,17H2,1-2H3/t11-/m0/s1. The summed E-state index contributed by atoms with van der Waals surface area (Å²) in [7, 11) is -5.71. The molecule has 1 aromatic carbocycles. The van der Waals surface area contributed by atoms with E-state index in [1.54, 1.807) is 13.8 Å². The summed E-state index contributed by atoms with van der Waals surface area (Å²) in [6.45, 7) is 3.33. The van der Waals surface area contributed by atoms with Crippen molar-refractivity contribution in [2.75, 3.05) is 0 Å². The number of esters is 1. The Labute approximate surface area is 131 Å². The molecule has 1 atom stereocenters. The quantitative estimate of drug-likeness (QED) is 0.474. The first kappa shape index (κ1) is 19.2. The lowest BCUT2D eigenvalue weighted by atomic mass is 10.1. The van der Waals surface area contributed by atoms with Gasteiger partial charge in [-0.25, -0.2) is 0 Å². The Bertz CT molecular complexity index is 641. The zero-order chi connectivity index (χ0) is 17.8. The van der Waals surface area contributed by atoms with Crippen molar-refractivity contribution in [1.29, 1.82) is 0 Å². The third kappa shape index (κ3) is 5.71. The number of benzene rings is 1. The molecular weight excluding hydrogens is 339 g/mol. The second-order valence-electron chi connectivity index (χ2n) is 4.92. The summed E-state index contributed by atoms with van der Waals surface area (Å²) in [4.78, 5) is 11.5. The van der Waals surface area contributed by atoms with Gasteiger partial charge in [-0.05, 0) is 38.0 Å². The second kappa shape index (κ2) is 7.18. The maximum atomic E-state index is 12.2. The van der Waals surface area contributed by atoms with Crippen LogP contribution < -0.4 is 9.92 Å². The summed E-state index contributed by atoms with van der Waals surface area (Å²) in [6, 6.07) is 3.76. The molecule has 0 saturated carbocycles. The first-order chi connectivity index (χ1) is 10.4. The van der Waals surface area contributed by atoms with E-state index in [0.717, 1.165) is 12.1 Å². The van der Waals surface area contributed by atoms with Crippen LogP contribution in [0.2, 0.25) is 0 Å². The number of hydrogen-bond donors (Lipinski definition) is 1. The molecule has 0 fully saturated rings. The maximum absolute atomic E-state index is 12.2. The van der Waals surface area contributed by atoms with Crippen LogP contribution in [-0.4, -0.2) is 32.0 Å². The summed E-state index contributed by atoms with van der Waals surface area (Å²) >= 11 is 0. The minimum absolute atomic E-state index is 0.0812. The van der Waals surface area contributed by atoms with Crippen LogP contribution in [0.4, 0.5) is 13.2 Å². The predicted molar refractivity (Wildman–Crippen MR) is 75.0 cm³/mol. The van der Waals surface area contributed by atoms with E-state index in [1.807, 2.05) is 0 Å². The lowest BCUT2D eigenvalue weighted by molar-refractivity contribution is -0.148. The first-order valence-corrected chi connectivity index (χ1v) is 7.89. The smallest absolute Gasteiger partial charge is 0.462 e.